The highest BCUT2D eigenvalue weighted by Gasteiger charge is 2.10. The van der Waals surface area contributed by atoms with Crippen LogP contribution in [0.3, 0.4) is 0 Å². The molecule has 0 aromatic heterocycles. The molecule has 0 fully saturated rings. The van der Waals surface area contributed by atoms with Gasteiger partial charge in [-0.25, -0.2) is 4.39 Å². The predicted octanol–water partition coefficient (Wildman–Crippen LogP) is 2.24. The van der Waals surface area contributed by atoms with E-state index in [0.717, 1.165) is 0 Å². The van der Waals surface area contributed by atoms with Crippen molar-refractivity contribution in [3.8, 4) is 17.6 Å². The van der Waals surface area contributed by atoms with Gasteiger partial charge >= 0.3 is 0 Å². The number of rotatable bonds is 4. The van der Waals surface area contributed by atoms with Crippen LogP contribution < -0.4 is 9.47 Å². The van der Waals surface area contributed by atoms with E-state index < -0.39 is 6.67 Å². The highest BCUT2D eigenvalue weighted by Crippen LogP contribution is 2.29. The first kappa shape index (κ1) is 11.3. The van der Waals surface area contributed by atoms with Crippen molar-refractivity contribution in [1.82, 2.24) is 0 Å². The van der Waals surface area contributed by atoms with Crippen LogP contribution in [-0.4, -0.2) is 14.2 Å². The van der Waals surface area contributed by atoms with E-state index in [4.69, 9.17) is 14.7 Å². The first-order chi connectivity index (χ1) is 7.26. The Morgan fingerprint density at radius 1 is 1.20 bits per heavy atom. The van der Waals surface area contributed by atoms with E-state index >= 15 is 0 Å². The molecule has 0 saturated heterocycles. The molecule has 0 atom stereocenters. The van der Waals surface area contributed by atoms with Gasteiger partial charge in [-0.15, -0.1) is 0 Å². The maximum Gasteiger partial charge on any atom is 0.128 e. The normalized spacial score (nSPS) is 9.47. The van der Waals surface area contributed by atoms with Crippen molar-refractivity contribution in [3.05, 3.63) is 23.3 Å². The predicted molar refractivity (Wildman–Crippen MR) is 53.7 cm³/mol. The highest BCUT2D eigenvalue weighted by atomic mass is 19.1. The topological polar surface area (TPSA) is 42.2 Å². The molecule has 0 radical (unpaired) electrons. The Kier molecular flexibility index (Phi) is 3.92. The van der Waals surface area contributed by atoms with Crippen molar-refractivity contribution in [3.63, 3.8) is 0 Å². The van der Waals surface area contributed by atoms with Gasteiger partial charge in [0.2, 0.25) is 0 Å². The molecule has 1 aromatic rings. The van der Waals surface area contributed by atoms with Crippen molar-refractivity contribution in [1.29, 1.82) is 5.26 Å². The minimum absolute atomic E-state index is 0.195. The third-order valence-corrected chi connectivity index (χ3v) is 2.10. The van der Waals surface area contributed by atoms with E-state index in [0.29, 0.717) is 22.6 Å². The third-order valence-electron chi connectivity index (χ3n) is 2.10. The van der Waals surface area contributed by atoms with Crippen molar-refractivity contribution in [2.75, 3.05) is 14.2 Å². The number of nitriles is 1. The highest BCUT2D eigenvalue weighted by molar-refractivity contribution is 5.47. The number of halogens is 1. The molecule has 0 aliphatic heterocycles. The van der Waals surface area contributed by atoms with Gasteiger partial charge in [0.25, 0.3) is 0 Å². The van der Waals surface area contributed by atoms with Gasteiger partial charge in [-0.3, -0.25) is 0 Å². The van der Waals surface area contributed by atoms with E-state index in [1.54, 1.807) is 12.1 Å². The van der Waals surface area contributed by atoms with Crippen LogP contribution in [0.4, 0.5) is 4.39 Å². The number of alkyl halides is 1. The molecule has 0 spiro atoms. The fourth-order valence-electron chi connectivity index (χ4n) is 1.36. The van der Waals surface area contributed by atoms with Gasteiger partial charge in [0.05, 0.1) is 26.7 Å². The summed E-state index contributed by atoms with van der Waals surface area (Å²) in [5.74, 6) is 0.988. The van der Waals surface area contributed by atoms with Crippen LogP contribution >= 0.6 is 0 Å². The standard InChI is InChI=1S/C11H12FNO2/c1-14-10-6-11(15-2)9(7-12)5-8(10)3-4-13/h5-6H,3,7H2,1-2H3. The molecule has 80 valence electrons. The maximum absolute atomic E-state index is 12.6. The second kappa shape index (κ2) is 5.20. The minimum atomic E-state index is -0.619. The molecular formula is C11H12FNO2. The molecule has 0 aliphatic carbocycles. The lowest BCUT2D eigenvalue weighted by Crippen LogP contribution is -1.97. The van der Waals surface area contributed by atoms with Gasteiger partial charge in [-0.1, -0.05) is 0 Å². The lowest BCUT2D eigenvalue weighted by atomic mass is 10.1. The summed E-state index contributed by atoms with van der Waals surface area (Å²) >= 11 is 0. The average Bonchev–Trinajstić information content (AvgIpc) is 2.28. The molecule has 0 unspecified atom stereocenters. The zero-order valence-electron chi connectivity index (χ0n) is 8.71. The summed E-state index contributed by atoms with van der Waals surface area (Å²) in [4.78, 5) is 0. The molecule has 0 N–H and O–H groups in total. The van der Waals surface area contributed by atoms with Gasteiger partial charge in [0, 0.05) is 17.2 Å². The lowest BCUT2D eigenvalue weighted by Gasteiger charge is -2.11. The summed E-state index contributed by atoms with van der Waals surface area (Å²) in [6, 6.07) is 5.20. The number of methoxy groups -OCH3 is 2. The molecule has 0 heterocycles. The quantitative estimate of drug-likeness (QED) is 0.763. The summed E-state index contributed by atoms with van der Waals surface area (Å²) in [6.45, 7) is -0.619. The third kappa shape index (κ3) is 2.38. The second-order valence-electron chi connectivity index (χ2n) is 2.94. The molecule has 0 amide bonds. The summed E-state index contributed by atoms with van der Waals surface area (Å²) in [5.41, 5.74) is 1.11. The zero-order chi connectivity index (χ0) is 11.3. The van der Waals surface area contributed by atoms with Gasteiger partial charge in [-0.05, 0) is 6.07 Å². The lowest BCUT2D eigenvalue weighted by molar-refractivity contribution is 0.379. The van der Waals surface area contributed by atoms with Gasteiger partial charge in [0.15, 0.2) is 0 Å². The van der Waals surface area contributed by atoms with Crippen LogP contribution in [0.2, 0.25) is 0 Å². The van der Waals surface area contributed by atoms with Crippen molar-refractivity contribution >= 4 is 0 Å². The van der Waals surface area contributed by atoms with Gasteiger partial charge in [-0.2, -0.15) is 5.26 Å². The van der Waals surface area contributed by atoms with E-state index in [1.807, 2.05) is 6.07 Å². The molecule has 3 nitrogen and oxygen atoms in total. The Morgan fingerprint density at radius 2 is 1.80 bits per heavy atom. The average molecular weight is 209 g/mol. The van der Waals surface area contributed by atoms with E-state index in [-0.39, 0.29) is 6.42 Å². The summed E-state index contributed by atoms with van der Waals surface area (Å²) in [5, 5.41) is 8.60. The van der Waals surface area contributed by atoms with E-state index in [9.17, 15) is 4.39 Å². The van der Waals surface area contributed by atoms with Gasteiger partial charge in [0.1, 0.15) is 18.2 Å². The van der Waals surface area contributed by atoms with Crippen LogP contribution in [0.25, 0.3) is 0 Å². The summed E-state index contributed by atoms with van der Waals surface area (Å²) in [7, 11) is 2.97. The number of hydrogen-bond acceptors (Lipinski definition) is 3. The molecule has 1 rings (SSSR count). The Bertz CT molecular complexity index is 385. The number of nitrogens with zero attached hydrogens (tertiary/aromatic N) is 1. The van der Waals surface area contributed by atoms with Crippen LogP contribution in [0.15, 0.2) is 12.1 Å². The van der Waals surface area contributed by atoms with E-state index in [1.165, 1.54) is 14.2 Å². The largest absolute Gasteiger partial charge is 0.496 e. The van der Waals surface area contributed by atoms with E-state index in [2.05, 4.69) is 0 Å². The van der Waals surface area contributed by atoms with Crippen LogP contribution in [0, 0.1) is 11.3 Å². The van der Waals surface area contributed by atoms with Crippen molar-refractivity contribution in [2.24, 2.45) is 0 Å². The Morgan fingerprint density at radius 3 is 2.27 bits per heavy atom. The molecule has 0 saturated carbocycles. The Balaban J connectivity index is 3.22. The summed E-state index contributed by atoms with van der Waals surface area (Å²) < 4.78 is 22.7. The fraction of sp³-hybridized carbons (Fsp3) is 0.364. The van der Waals surface area contributed by atoms with Crippen LogP contribution in [0.5, 0.6) is 11.5 Å². The molecule has 1 aromatic carbocycles. The SMILES string of the molecule is COc1cc(OC)c(CC#N)cc1CF. The minimum Gasteiger partial charge on any atom is -0.496 e. The number of hydrogen-bond donors (Lipinski definition) is 0. The van der Waals surface area contributed by atoms with Crippen LogP contribution in [0.1, 0.15) is 11.1 Å². The monoisotopic (exact) mass is 209 g/mol. The summed E-state index contributed by atoms with van der Waals surface area (Å²) in [6.07, 6.45) is 0.195. The molecule has 0 aliphatic rings. The first-order valence-corrected chi connectivity index (χ1v) is 4.43. The molecular weight excluding hydrogens is 197 g/mol. The number of benzene rings is 1. The fourth-order valence-corrected chi connectivity index (χ4v) is 1.36. The van der Waals surface area contributed by atoms with Crippen molar-refractivity contribution < 1.29 is 13.9 Å². The number of ether oxygens (including phenoxy) is 2. The van der Waals surface area contributed by atoms with Crippen molar-refractivity contribution in [2.45, 2.75) is 13.1 Å². The first-order valence-electron chi connectivity index (χ1n) is 4.43. The molecule has 15 heavy (non-hydrogen) atoms. The molecule has 0 bridgehead atoms. The smallest absolute Gasteiger partial charge is 0.128 e. The van der Waals surface area contributed by atoms with Gasteiger partial charge < -0.3 is 9.47 Å². The molecule has 4 heteroatoms. The zero-order valence-corrected chi connectivity index (χ0v) is 8.71. The Hall–Kier alpha value is -1.76. The Labute approximate surface area is 88.0 Å². The van der Waals surface area contributed by atoms with Crippen LogP contribution in [-0.2, 0) is 13.1 Å². The second-order valence-corrected chi connectivity index (χ2v) is 2.94. The maximum atomic E-state index is 12.6.